The number of nitrogens with zero attached hydrogens (tertiary/aromatic N) is 3. The van der Waals surface area contributed by atoms with Crippen molar-refractivity contribution in [2.75, 3.05) is 35.8 Å². The van der Waals surface area contributed by atoms with Crippen LogP contribution in [0.25, 0.3) is 0 Å². The monoisotopic (exact) mass is 316 g/mol. The van der Waals surface area contributed by atoms with E-state index in [4.69, 9.17) is 0 Å². The quantitative estimate of drug-likeness (QED) is 0.848. The molecule has 1 saturated heterocycles. The van der Waals surface area contributed by atoms with Crippen molar-refractivity contribution in [3.05, 3.63) is 18.1 Å². The summed E-state index contributed by atoms with van der Waals surface area (Å²) in [5.74, 6) is 2.30. The molecule has 0 amide bonds. The zero-order chi connectivity index (χ0) is 14.6. The molecule has 1 atom stereocenters. The van der Waals surface area contributed by atoms with E-state index in [0.29, 0.717) is 24.7 Å². The first-order valence-corrected chi connectivity index (χ1v) is 9.47. The van der Waals surface area contributed by atoms with E-state index in [1.54, 1.807) is 31.1 Å². The van der Waals surface area contributed by atoms with Gasteiger partial charge in [0.1, 0.15) is 11.2 Å². The molecule has 1 unspecified atom stereocenters. The molecular weight excluding hydrogens is 296 g/mol. The summed E-state index contributed by atoms with van der Waals surface area (Å²) in [4.78, 5) is 10.6. The fraction of sp³-hybridized carbons (Fsp3) is 0.667. The van der Waals surface area contributed by atoms with Gasteiger partial charge in [0, 0.05) is 30.3 Å². The maximum absolute atomic E-state index is 12.2. The van der Waals surface area contributed by atoms with Gasteiger partial charge in [0.15, 0.2) is 9.84 Å². The Labute approximate surface area is 124 Å². The van der Waals surface area contributed by atoms with Gasteiger partial charge < -0.3 is 10.2 Å². The maximum Gasteiger partial charge on any atom is 0.171 e. The summed E-state index contributed by atoms with van der Waals surface area (Å²) in [6, 6.07) is 0. The van der Waals surface area contributed by atoms with Crippen LogP contribution in [0, 0.1) is 0 Å². The van der Waals surface area contributed by atoms with Crippen LogP contribution in [0.1, 0.15) is 12.6 Å². The van der Waals surface area contributed by atoms with Crippen molar-refractivity contribution in [3.63, 3.8) is 0 Å². The van der Waals surface area contributed by atoms with Crippen LogP contribution < -0.4 is 10.2 Å². The summed E-state index contributed by atoms with van der Waals surface area (Å²) in [6.45, 7) is 3.03. The van der Waals surface area contributed by atoms with Crippen molar-refractivity contribution in [1.82, 2.24) is 15.3 Å². The second-order valence-electron chi connectivity index (χ2n) is 4.57. The number of hydrogen-bond acceptors (Lipinski definition) is 7. The smallest absolute Gasteiger partial charge is 0.171 e. The summed E-state index contributed by atoms with van der Waals surface area (Å²) in [5.41, 5.74) is 0.845. The molecular formula is C12H20N4O2S2. The van der Waals surface area contributed by atoms with Crippen molar-refractivity contribution in [2.45, 2.75) is 18.8 Å². The first kappa shape index (κ1) is 15.5. The molecule has 20 heavy (non-hydrogen) atoms. The first-order chi connectivity index (χ1) is 9.58. The number of anilines is 1. The van der Waals surface area contributed by atoms with E-state index >= 15 is 0 Å². The van der Waals surface area contributed by atoms with Crippen LogP contribution in [0.5, 0.6) is 0 Å². The molecule has 1 aliphatic heterocycles. The van der Waals surface area contributed by atoms with E-state index < -0.39 is 15.2 Å². The summed E-state index contributed by atoms with van der Waals surface area (Å²) >= 11 is 1.68. The van der Waals surface area contributed by atoms with Gasteiger partial charge in [-0.05, 0) is 7.05 Å². The van der Waals surface area contributed by atoms with Gasteiger partial charge in [-0.25, -0.2) is 13.4 Å². The highest BCUT2D eigenvalue weighted by Crippen LogP contribution is 2.25. The topological polar surface area (TPSA) is 75.2 Å². The van der Waals surface area contributed by atoms with Crippen LogP contribution in [-0.4, -0.2) is 54.6 Å². The van der Waals surface area contributed by atoms with E-state index in [2.05, 4.69) is 15.3 Å². The lowest BCUT2D eigenvalue weighted by Crippen LogP contribution is -2.48. The summed E-state index contributed by atoms with van der Waals surface area (Å²) < 4.78 is 24.4. The predicted octanol–water partition coefficient (Wildman–Crippen LogP) is 0.510. The van der Waals surface area contributed by atoms with Gasteiger partial charge in [0.25, 0.3) is 0 Å². The lowest BCUT2D eigenvalue weighted by molar-refractivity contribution is 0.578. The molecule has 1 aromatic heterocycles. The number of rotatable bonds is 5. The molecule has 8 heteroatoms. The molecule has 1 aliphatic rings. The molecule has 0 saturated carbocycles. The molecule has 0 aromatic carbocycles. The third-order valence-electron chi connectivity index (χ3n) is 3.25. The number of hydrogen-bond donors (Lipinski definition) is 1. The Morgan fingerprint density at radius 2 is 2.25 bits per heavy atom. The Bertz CT molecular complexity index is 533. The zero-order valence-corrected chi connectivity index (χ0v) is 13.4. The average molecular weight is 316 g/mol. The minimum absolute atomic E-state index is 0.153. The lowest BCUT2D eigenvalue weighted by Gasteiger charge is -2.35. The average Bonchev–Trinajstić information content (AvgIpc) is 2.48. The van der Waals surface area contributed by atoms with Gasteiger partial charge >= 0.3 is 0 Å². The SMILES string of the molecule is CCS(=O)(=O)C1CSCCN1c1cnc(CNC)cn1. The summed E-state index contributed by atoms with van der Waals surface area (Å²) in [6.07, 6.45) is 3.37. The molecule has 112 valence electrons. The lowest BCUT2D eigenvalue weighted by atomic mass is 10.4. The Hall–Kier alpha value is -0.860. The highest BCUT2D eigenvalue weighted by molar-refractivity contribution is 8.01. The highest BCUT2D eigenvalue weighted by atomic mass is 32.2. The summed E-state index contributed by atoms with van der Waals surface area (Å²) in [7, 11) is -1.27. The maximum atomic E-state index is 12.2. The van der Waals surface area contributed by atoms with E-state index in [1.165, 1.54) is 0 Å². The van der Waals surface area contributed by atoms with Crippen LogP contribution in [-0.2, 0) is 16.4 Å². The van der Waals surface area contributed by atoms with Crippen molar-refractivity contribution < 1.29 is 8.42 Å². The number of sulfone groups is 1. The molecule has 0 aliphatic carbocycles. The minimum atomic E-state index is -3.11. The molecule has 0 spiro atoms. The van der Waals surface area contributed by atoms with Crippen molar-refractivity contribution in [2.24, 2.45) is 0 Å². The second-order valence-corrected chi connectivity index (χ2v) is 8.17. The van der Waals surface area contributed by atoms with Crippen molar-refractivity contribution >= 4 is 27.4 Å². The normalized spacial score (nSPS) is 20.1. The number of thioether (sulfide) groups is 1. The predicted molar refractivity (Wildman–Crippen MR) is 82.7 cm³/mol. The molecule has 6 nitrogen and oxygen atoms in total. The molecule has 2 heterocycles. The van der Waals surface area contributed by atoms with Gasteiger partial charge in [-0.3, -0.25) is 4.98 Å². The third-order valence-corrected chi connectivity index (χ3v) is 6.53. The fourth-order valence-corrected chi connectivity index (χ4v) is 5.08. The van der Waals surface area contributed by atoms with E-state index in [-0.39, 0.29) is 5.75 Å². The van der Waals surface area contributed by atoms with Crippen LogP contribution in [0.2, 0.25) is 0 Å². The van der Waals surface area contributed by atoms with E-state index in [1.807, 2.05) is 11.9 Å². The molecule has 1 aromatic rings. The molecule has 1 fully saturated rings. The second kappa shape index (κ2) is 6.73. The van der Waals surface area contributed by atoms with Crippen LogP contribution in [0.15, 0.2) is 12.4 Å². The Morgan fingerprint density at radius 3 is 2.85 bits per heavy atom. The van der Waals surface area contributed by atoms with Gasteiger partial charge in [0.2, 0.25) is 0 Å². The van der Waals surface area contributed by atoms with Crippen molar-refractivity contribution in [3.8, 4) is 0 Å². The highest BCUT2D eigenvalue weighted by Gasteiger charge is 2.33. The van der Waals surface area contributed by atoms with Crippen LogP contribution in [0.4, 0.5) is 5.82 Å². The van der Waals surface area contributed by atoms with E-state index in [0.717, 1.165) is 11.4 Å². The largest absolute Gasteiger partial charge is 0.337 e. The Kier molecular flexibility index (Phi) is 5.22. The molecule has 0 bridgehead atoms. The molecule has 0 radical (unpaired) electrons. The molecule has 1 N–H and O–H groups in total. The minimum Gasteiger partial charge on any atom is -0.337 e. The van der Waals surface area contributed by atoms with Gasteiger partial charge in [-0.1, -0.05) is 6.92 Å². The van der Waals surface area contributed by atoms with Crippen LogP contribution >= 0.6 is 11.8 Å². The van der Waals surface area contributed by atoms with Crippen molar-refractivity contribution in [1.29, 1.82) is 0 Å². The fourth-order valence-electron chi connectivity index (χ4n) is 2.10. The summed E-state index contributed by atoms with van der Waals surface area (Å²) in [5, 5.41) is 2.52. The van der Waals surface area contributed by atoms with E-state index in [9.17, 15) is 8.42 Å². The Morgan fingerprint density at radius 1 is 1.45 bits per heavy atom. The van der Waals surface area contributed by atoms with Gasteiger partial charge in [-0.15, -0.1) is 0 Å². The first-order valence-electron chi connectivity index (χ1n) is 6.60. The third kappa shape index (κ3) is 3.42. The number of nitrogens with one attached hydrogen (secondary N) is 1. The Balaban J connectivity index is 2.23. The van der Waals surface area contributed by atoms with Crippen LogP contribution in [0.3, 0.4) is 0 Å². The van der Waals surface area contributed by atoms with Gasteiger partial charge in [0.05, 0.1) is 18.1 Å². The number of aromatic nitrogens is 2. The molecule has 2 rings (SSSR count). The standard InChI is InChI=1S/C12H20N4O2S2/c1-3-20(17,18)12-9-19-5-4-16(12)11-8-14-10(6-13-2)7-15-11/h7-8,12-13H,3-6,9H2,1-2H3. The zero-order valence-electron chi connectivity index (χ0n) is 11.7. The van der Waals surface area contributed by atoms with Gasteiger partial charge in [-0.2, -0.15) is 11.8 Å².